The Kier molecular flexibility index (Phi) is 4.74. The summed E-state index contributed by atoms with van der Waals surface area (Å²) in [4.78, 5) is 21.4. The second kappa shape index (κ2) is 5.86. The molecule has 0 spiro atoms. The Morgan fingerprint density at radius 1 is 1.41 bits per heavy atom. The number of carbonyl (C=O) groups excluding carboxylic acids is 1. The van der Waals surface area contributed by atoms with Gasteiger partial charge in [-0.15, -0.1) is 0 Å². The summed E-state index contributed by atoms with van der Waals surface area (Å²) in [6.45, 7) is 5.23. The van der Waals surface area contributed by atoms with Crippen LogP contribution in [0.4, 0.5) is 4.79 Å². The van der Waals surface area contributed by atoms with E-state index in [4.69, 9.17) is 9.84 Å². The van der Waals surface area contributed by atoms with E-state index in [9.17, 15) is 9.59 Å². The standard InChI is InChI=1S/C11H20N2O4/c1-11(2)5-8(11)6-13-10(16)12-3-4-17-7-9(14)15/h8H,3-7H2,1-2H3,(H,14,15)(H2,12,13,16). The summed E-state index contributed by atoms with van der Waals surface area (Å²) in [7, 11) is 0. The van der Waals surface area contributed by atoms with E-state index in [1.807, 2.05) is 0 Å². The molecule has 1 rings (SSSR count). The number of ether oxygens (including phenoxy) is 1. The van der Waals surface area contributed by atoms with E-state index in [1.54, 1.807) is 0 Å². The summed E-state index contributed by atoms with van der Waals surface area (Å²) in [5.41, 5.74) is 0.359. The Bertz CT molecular complexity index is 291. The van der Waals surface area contributed by atoms with Crippen molar-refractivity contribution in [1.29, 1.82) is 0 Å². The van der Waals surface area contributed by atoms with Crippen molar-refractivity contribution in [3.05, 3.63) is 0 Å². The molecule has 6 nitrogen and oxygen atoms in total. The van der Waals surface area contributed by atoms with Crippen molar-refractivity contribution in [2.45, 2.75) is 20.3 Å². The van der Waals surface area contributed by atoms with Gasteiger partial charge in [0.2, 0.25) is 0 Å². The molecule has 0 aliphatic heterocycles. The van der Waals surface area contributed by atoms with Crippen LogP contribution in [0, 0.1) is 11.3 Å². The van der Waals surface area contributed by atoms with Gasteiger partial charge in [-0.1, -0.05) is 13.8 Å². The number of nitrogens with one attached hydrogen (secondary N) is 2. The minimum absolute atomic E-state index is 0.203. The SMILES string of the molecule is CC1(C)CC1CNC(=O)NCCOCC(=O)O. The van der Waals surface area contributed by atoms with Crippen LogP contribution in [0.2, 0.25) is 0 Å². The van der Waals surface area contributed by atoms with E-state index in [0.29, 0.717) is 24.4 Å². The number of hydrogen-bond acceptors (Lipinski definition) is 3. The molecule has 0 aromatic heterocycles. The molecular formula is C11H20N2O4. The molecule has 1 fully saturated rings. The lowest BCUT2D eigenvalue weighted by Crippen LogP contribution is -2.38. The Morgan fingerprint density at radius 3 is 2.59 bits per heavy atom. The summed E-state index contributed by atoms with van der Waals surface area (Å²) in [5, 5.41) is 13.7. The molecular weight excluding hydrogens is 224 g/mol. The smallest absolute Gasteiger partial charge is 0.329 e. The summed E-state index contributed by atoms with van der Waals surface area (Å²) in [5.74, 6) is -0.443. The topological polar surface area (TPSA) is 87.7 Å². The van der Waals surface area contributed by atoms with Crippen LogP contribution in [0.3, 0.4) is 0 Å². The molecule has 0 heterocycles. The van der Waals surface area contributed by atoms with Gasteiger partial charge in [0.1, 0.15) is 6.61 Å². The molecule has 98 valence electrons. The van der Waals surface area contributed by atoms with Gasteiger partial charge in [-0.2, -0.15) is 0 Å². The Morgan fingerprint density at radius 2 is 2.06 bits per heavy atom. The Hall–Kier alpha value is -1.30. The van der Waals surface area contributed by atoms with Crippen molar-refractivity contribution < 1.29 is 19.4 Å². The maximum atomic E-state index is 11.3. The third kappa shape index (κ3) is 5.53. The van der Waals surface area contributed by atoms with Crippen LogP contribution in [-0.4, -0.2) is 43.4 Å². The number of amides is 2. The van der Waals surface area contributed by atoms with Crippen LogP contribution in [0.1, 0.15) is 20.3 Å². The van der Waals surface area contributed by atoms with Crippen LogP contribution in [0.15, 0.2) is 0 Å². The number of carboxylic acids is 1. The Balaban J connectivity index is 1.93. The molecule has 2 amide bonds. The van der Waals surface area contributed by atoms with E-state index in [2.05, 4.69) is 24.5 Å². The fourth-order valence-electron chi connectivity index (χ4n) is 1.60. The molecule has 1 unspecified atom stereocenters. The van der Waals surface area contributed by atoms with Gasteiger partial charge in [-0.3, -0.25) is 0 Å². The zero-order valence-corrected chi connectivity index (χ0v) is 10.3. The monoisotopic (exact) mass is 244 g/mol. The first kappa shape index (κ1) is 13.8. The van der Waals surface area contributed by atoms with Crippen molar-refractivity contribution >= 4 is 12.0 Å². The maximum Gasteiger partial charge on any atom is 0.329 e. The van der Waals surface area contributed by atoms with Gasteiger partial charge < -0.3 is 20.5 Å². The molecule has 0 aromatic carbocycles. The molecule has 1 atom stereocenters. The molecule has 0 aromatic rings. The fourth-order valence-corrected chi connectivity index (χ4v) is 1.60. The third-order valence-electron chi connectivity index (χ3n) is 2.98. The Labute approximate surface area is 101 Å². The molecule has 0 radical (unpaired) electrons. The minimum Gasteiger partial charge on any atom is -0.480 e. The van der Waals surface area contributed by atoms with Gasteiger partial charge in [-0.25, -0.2) is 9.59 Å². The van der Waals surface area contributed by atoms with E-state index in [-0.39, 0.29) is 19.2 Å². The van der Waals surface area contributed by atoms with Crippen molar-refractivity contribution in [2.24, 2.45) is 11.3 Å². The van der Waals surface area contributed by atoms with Crippen LogP contribution in [0.25, 0.3) is 0 Å². The molecule has 1 saturated carbocycles. The zero-order valence-electron chi connectivity index (χ0n) is 10.3. The second-order valence-corrected chi connectivity index (χ2v) is 4.97. The number of carboxylic acid groups (broad SMARTS) is 1. The zero-order chi connectivity index (χ0) is 12.9. The van der Waals surface area contributed by atoms with Gasteiger partial charge in [0.05, 0.1) is 6.61 Å². The molecule has 1 aliphatic rings. The number of urea groups is 1. The molecule has 6 heteroatoms. The third-order valence-corrected chi connectivity index (χ3v) is 2.98. The van der Waals surface area contributed by atoms with Crippen LogP contribution >= 0.6 is 0 Å². The highest BCUT2D eigenvalue weighted by Crippen LogP contribution is 2.50. The van der Waals surface area contributed by atoms with E-state index in [0.717, 1.165) is 6.42 Å². The molecule has 17 heavy (non-hydrogen) atoms. The fraction of sp³-hybridized carbons (Fsp3) is 0.818. The number of aliphatic carboxylic acids is 1. The first-order valence-electron chi connectivity index (χ1n) is 5.73. The maximum absolute atomic E-state index is 11.3. The number of carbonyl (C=O) groups is 2. The average molecular weight is 244 g/mol. The van der Waals surface area contributed by atoms with Crippen molar-refractivity contribution in [2.75, 3.05) is 26.3 Å². The summed E-state index contributed by atoms with van der Waals surface area (Å²) in [6.07, 6.45) is 1.15. The predicted octanol–water partition coefficient (Wildman–Crippen LogP) is 0.433. The highest BCUT2D eigenvalue weighted by Gasteiger charge is 2.45. The largest absolute Gasteiger partial charge is 0.480 e. The first-order valence-corrected chi connectivity index (χ1v) is 5.73. The molecule has 0 bridgehead atoms. The summed E-state index contributed by atoms with van der Waals surface area (Å²) >= 11 is 0. The van der Waals surface area contributed by atoms with E-state index >= 15 is 0 Å². The van der Waals surface area contributed by atoms with Gasteiger partial charge in [0.25, 0.3) is 0 Å². The van der Waals surface area contributed by atoms with Crippen LogP contribution in [-0.2, 0) is 9.53 Å². The highest BCUT2D eigenvalue weighted by atomic mass is 16.5. The summed E-state index contributed by atoms with van der Waals surface area (Å²) < 4.78 is 4.77. The number of hydrogen-bond donors (Lipinski definition) is 3. The summed E-state index contributed by atoms with van der Waals surface area (Å²) in [6, 6.07) is -0.230. The quantitative estimate of drug-likeness (QED) is 0.567. The second-order valence-electron chi connectivity index (χ2n) is 4.97. The molecule has 3 N–H and O–H groups in total. The van der Waals surface area contributed by atoms with Gasteiger partial charge >= 0.3 is 12.0 Å². The minimum atomic E-state index is -1.01. The molecule has 1 aliphatic carbocycles. The van der Waals surface area contributed by atoms with Crippen molar-refractivity contribution in [3.63, 3.8) is 0 Å². The van der Waals surface area contributed by atoms with E-state index < -0.39 is 5.97 Å². The lowest BCUT2D eigenvalue weighted by atomic mass is 10.1. The van der Waals surface area contributed by atoms with E-state index in [1.165, 1.54) is 0 Å². The van der Waals surface area contributed by atoms with Crippen molar-refractivity contribution in [3.8, 4) is 0 Å². The molecule has 0 saturated heterocycles. The van der Waals surface area contributed by atoms with Gasteiger partial charge in [0.15, 0.2) is 0 Å². The predicted molar refractivity (Wildman–Crippen MR) is 61.7 cm³/mol. The van der Waals surface area contributed by atoms with Gasteiger partial charge in [-0.05, 0) is 17.8 Å². The van der Waals surface area contributed by atoms with Crippen molar-refractivity contribution in [1.82, 2.24) is 10.6 Å². The lowest BCUT2D eigenvalue weighted by molar-refractivity contribution is -0.142. The normalized spacial score (nSPS) is 20.7. The van der Waals surface area contributed by atoms with Crippen LogP contribution < -0.4 is 10.6 Å². The van der Waals surface area contributed by atoms with Gasteiger partial charge in [0, 0.05) is 13.1 Å². The average Bonchev–Trinajstić information content (AvgIpc) is 2.82. The highest BCUT2D eigenvalue weighted by molar-refractivity contribution is 5.73. The first-order chi connectivity index (χ1) is 7.92. The number of rotatable bonds is 7. The lowest BCUT2D eigenvalue weighted by Gasteiger charge is -2.08. The van der Waals surface area contributed by atoms with Crippen LogP contribution in [0.5, 0.6) is 0 Å².